The molecule has 3 aromatic heterocycles. The van der Waals surface area contributed by atoms with E-state index in [-0.39, 0.29) is 24.1 Å². The summed E-state index contributed by atoms with van der Waals surface area (Å²) in [6, 6.07) is 5.37. The summed E-state index contributed by atoms with van der Waals surface area (Å²) in [5, 5.41) is 11.2. The molecule has 1 aliphatic rings. The molecule has 1 fully saturated rings. The fraction of sp³-hybridized carbons (Fsp3) is 0.375. The molecular formula is C16H17N5O3. The second-order valence-corrected chi connectivity index (χ2v) is 5.98. The van der Waals surface area contributed by atoms with E-state index in [1.165, 1.54) is 10.8 Å². The average Bonchev–Trinajstić information content (AvgIpc) is 3.29. The van der Waals surface area contributed by atoms with Gasteiger partial charge in [-0.1, -0.05) is 12.8 Å². The first kappa shape index (κ1) is 14.7. The summed E-state index contributed by atoms with van der Waals surface area (Å²) in [4.78, 5) is 24.6. The van der Waals surface area contributed by atoms with Gasteiger partial charge in [0.15, 0.2) is 5.76 Å². The Balaban J connectivity index is 1.58. The van der Waals surface area contributed by atoms with Gasteiger partial charge in [-0.25, -0.2) is 9.20 Å². The van der Waals surface area contributed by atoms with Crippen molar-refractivity contribution in [1.29, 1.82) is 0 Å². The second kappa shape index (κ2) is 5.95. The van der Waals surface area contributed by atoms with E-state index < -0.39 is 0 Å². The summed E-state index contributed by atoms with van der Waals surface area (Å²) >= 11 is 0. The third-order valence-electron chi connectivity index (χ3n) is 4.28. The van der Waals surface area contributed by atoms with Crippen molar-refractivity contribution in [2.75, 3.05) is 0 Å². The van der Waals surface area contributed by atoms with E-state index >= 15 is 0 Å². The van der Waals surface area contributed by atoms with Gasteiger partial charge >= 0.3 is 0 Å². The molecule has 0 bridgehead atoms. The molecule has 124 valence electrons. The van der Waals surface area contributed by atoms with Crippen LogP contribution in [0.4, 0.5) is 0 Å². The van der Waals surface area contributed by atoms with Crippen molar-refractivity contribution in [1.82, 2.24) is 24.7 Å². The van der Waals surface area contributed by atoms with E-state index in [0.29, 0.717) is 17.0 Å². The molecule has 0 saturated heterocycles. The van der Waals surface area contributed by atoms with Crippen LogP contribution in [-0.4, -0.2) is 31.3 Å². The van der Waals surface area contributed by atoms with Crippen molar-refractivity contribution in [3.8, 4) is 11.5 Å². The zero-order chi connectivity index (χ0) is 16.5. The quantitative estimate of drug-likeness (QED) is 0.777. The minimum atomic E-state index is -0.357. The third-order valence-corrected chi connectivity index (χ3v) is 4.28. The Kier molecular flexibility index (Phi) is 3.64. The summed E-state index contributed by atoms with van der Waals surface area (Å²) in [6.45, 7) is -0.0902. The number of amides is 1. The fourth-order valence-electron chi connectivity index (χ4n) is 3.07. The number of furan rings is 1. The molecule has 1 saturated carbocycles. The van der Waals surface area contributed by atoms with E-state index in [9.17, 15) is 9.59 Å². The van der Waals surface area contributed by atoms with Gasteiger partial charge in [-0.15, -0.1) is 0 Å². The highest BCUT2D eigenvalue weighted by atomic mass is 16.3. The van der Waals surface area contributed by atoms with E-state index in [4.69, 9.17) is 4.42 Å². The molecule has 0 aromatic carbocycles. The molecule has 0 aliphatic heterocycles. The first-order valence-corrected chi connectivity index (χ1v) is 7.99. The minimum absolute atomic E-state index is 0.0902. The van der Waals surface area contributed by atoms with Gasteiger partial charge in [-0.05, 0) is 25.0 Å². The summed E-state index contributed by atoms with van der Waals surface area (Å²) in [7, 11) is 0. The predicted molar refractivity (Wildman–Crippen MR) is 85.3 cm³/mol. The van der Waals surface area contributed by atoms with Gasteiger partial charge < -0.3 is 9.73 Å². The van der Waals surface area contributed by atoms with Crippen LogP contribution in [0, 0.1) is 0 Å². The maximum absolute atomic E-state index is 12.5. The Hall–Kier alpha value is -2.90. The summed E-state index contributed by atoms with van der Waals surface area (Å²) < 4.78 is 7.84. The smallest absolute Gasteiger partial charge is 0.293 e. The van der Waals surface area contributed by atoms with E-state index in [1.54, 1.807) is 24.5 Å². The highest BCUT2D eigenvalue weighted by molar-refractivity contribution is 5.76. The van der Waals surface area contributed by atoms with Crippen LogP contribution in [0.2, 0.25) is 0 Å². The lowest BCUT2D eigenvalue weighted by atomic mass is 10.2. The van der Waals surface area contributed by atoms with Crippen LogP contribution in [0.5, 0.6) is 0 Å². The molecule has 3 heterocycles. The molecule has 0 unspecified atom stereocenters. The molecule has 3 aromatic rings. The Morgan fingerprint density at radius 3 is 2.96 bits per heavy atom. The van der Waals surface area contributed by atoms with Gasteiger partial charge in [0.25, 0.3) is 5.56 Å². The van der Waals surface area contributed by atoms with Gasteiger partial charge in [0, 0.05) is 12.1 Å². The number of rotatable bonds is 4. The van der Waals surface area contributed by atoms with E-state index in [1.807, 2.05) is 0 Å². The summed E-state index contributed by atoms with van der Waals surface area (Å²) in [6.07, 6.45) is 7.25. The number of nitrogens with one attached hydrogen (secondary N) is 1. The number of carbonyl (C=O) groups is 1. The highest BCUT2D eigenvalue weighted by Gasteiger charge is 2.18. The Labute approximate surface area is 137 Å². The van der Waals surface area contributed by atoms with Crippen molar-refractivity contribution >= 4 is 11.4 Å². The monoisotopic (exact) mass is 327 g/mol. The number of carbonyl (C=O) groups excluding carboxylic acids is 1. The number of hydrogen-bond donors (Lipinski definition) is 1. The largest absolute Gasteiger partial charge is 0.463 e. The lowest BCUT2D eigenvalue weighted by molar-refractivity contribution is -0.122. The van der Waals surface area contributed by atoms with Gasteiger partial charge in [0.2, 0.25) is 5.91 Å². The second-order valence-electron chi connectivity index (χ2n) is 5.98. The van der Waals surface area contributed by atoms with Crippen molar-refractivity contribution in [2.24, 2.45) is 0 Å². The van der Waals surface area contributed by atoms with Gasteiger partial charge in [0.05, 0.1) is 6.26 Å². The molecule has 24 heavy (non-hydrogen) atoms. The number of aromatic nitrogens is 4. The molecular weight excluding hydrogens is 310 g/mol. The normalized spacial score (nSPS) is 15.2. The SMILES string of the molecule is O=C(Cn1ncn2nc(-c3ccco3)cc2c1=O)NC1CCCC1. The Morgan fingerprint density at radius 1 is 1.38 bits per heavy atom. The lowest BCUT2D eigenvalue weighted by Crippen LogP contribution is -2.38. The topological polar surface area (TPSA) is 94.4 Å². The molecule has 8 nitrogen and oxygen atoms in total. The van der Waals surface area contributed by atoms with Gasteiger partial charge in [0.1, 0.15) is 24.1 Å². The number of fused-ring (bicyclic) bond motifs is 1. The van der Waals surface area contributed by atoms with Gasteiger partial charge in [-0.2, -0.15) is 10.2 Å². The maximum Gasteiger partial charge on any atom is 0.293 e. The number of hydrogen-bond acceptors (Lipinski definition) is 5. The van der Waals surface area contributed by atoms with Crippen molar-refractivity contribution < 1.29 is 9.21 Å². The van der Waals surface area contributed by atoms with Crippen LogP contribution < -0.4 is 10.9 Å². The van der Waals surface area contributed by atoms with Crippen LogP contribution in [0.3, 0.4) is 0 Å². The zero-order valence-corrected chi connectivity index (χ0v) is 13.0. The van der Waals surface area contributed by atoms with Crippen LogP contribution in [0.1, 0.15) is 25.7 Å². The van der Waals surface area contributed by atoms with Crippen LogP contribution in [0.25, 0.3) is 17.0 Å². The highest BCUT2D eigenvalue weighted by Crippen LogP contribution is 2.18. The first-order chi connectivity index (χ1) is 11.7. The Morgan fingerprint density at radius 2 is 2.21 bits per heavy atom. The van der Waals surface area contributed by atoms with Crippen molar-refractivity contribution in [3.05, 3.63) is 41.1 Å². The summed E-state index contributed by atoms with van der Waals surface area (Å²) in [5.74, 6) is 0.384. The zero-order valence-electron chi connectivity index (χ0n) is 13.0. The summed E-state index contributed by atoms with van der Waals surface area (Å²) in [5.41, 5.74) is 0.543. The van der Waals surface area contributed by atoms with E-state index in [2.05, 4.69) is 15.5 Å². The molecule has 0 spiro atoms. The van der Waals surface area contributed by atoms with Crippen LogP contribution >= 0.6 is 0 Å². The Bertz CT molecular complexity index is 919. The minimum Gasteiger partial charge on any atom is -0.463 e. The molecule has 0 atom stereocenters. The van der Waals surface area contributed by atoms with Crippen LogP contribution in [0.15, 0.2) is 40.0 Å². The molecule has 1 N–H and O–H groups in total. The van der Waals surface area contributed by atoms with Crippen molar-refractivity contribution in [3.63, 3.8) is 0 Å². The van der Waals surface area contributed by atoms with E-state index in [0.717, 1.165) is 30.4 Å². The fourth-order valence-corrected chi connectivity index (χ4v) is 3.07. The average molecular weight is 327 g/mol. The third kappa shape index (κ3) is 2.70. The lowest BCUT2D eigenvalue weighted by Gasteiger charge is -2.12. The molecule has 0 radical (unpaired) electrons. The number of nitrogens with zero attached hydrogens (tertiary/aromatic N) is 4. The maximum atomic E-state index is 12.5. The predicted octanol–water partition coefficient (Wildman–Crippen LogP) is 1.21. The molecule has 4 rings (SSSR count). The first-order valence-electron chi connectivity index (χ1n) is 7.99. The van der Waals surface area contributed by atoms with Gasteiger partial charge in [-0.3, -0.25) is 9.59 Å². The van der Waals surface area contributed by atoms with Crippen LogP contribution in [-0.2, 0) is 11.3 Å². The standard InChI is InChI=1S/C16H17N5O3/c22-15(18-11-4-1-2-5-11)9-20-16(23)13-8-12(14-6-3-7-24-14)19-21(13)10-17-20/h3,6-8,10-11H,1-2,4-5,9H2,(H,18,22). The molecule has 1 amide bonds. The van der Waals surface area contributed by atoms with Crippen molar-refractivity contribution in [2.45, 2.75) is 38.3 Å². The molecule has 8 heteroatoms. The molecule has 1 aliphatic carbocycles.